The van der Waals surface area contributed by atoms with Crippen LogP contribution in [-0.2, 0) is 11.3 Å². The van der Waals surface area contributed by atoms with Crippen molar-refractivity contribution in [1.29, 1.82) is 0 Å². The molecule has 5 nitrogen and oxygen atoms in total. The number of urea groups is 1. The summed E-state index contributed by atoms with van der Waals surface area (Å²) in [7, 11) is 0. The van der Waals surface area contributed by atoms with E-state index in [0.29, 0.717) is 6.54 Å². The van der Waals surface area contributed by atoms with Crippen LogP contribution in [0, 0.1) is 6.92 Å². The van der Waals surface area contributed by atoms with Gasteiger partial charge in [0.15, 0.2) is 0 Å². The molecule has 0 aliphatic rings. The molecule has 1 aromatic rings. The highest BCUT2D eigenvalue weighted by Crippen LogP contribution is 2.05. The van der Waals surface area contributed by atoms with Gasteiger partial charge in [0.1, 0.15) is 6.04 Å². The smallest absolute Gasteiger partial charge is 0.325 e. The zero-order chi connectivity index (χ0) is 12.8. The van der Waals surface area contributed by atoms with E-state index in [-0.39, 0.29) is 0 Å². The topological polar surface area (TPSA) is 78.4 Å². The van der Waals surface area contributed by atoms with Crippen LogP contribution in [0.15, 0.2) is 24.3 Å². The van der Waals surface area contributed by atoms with Crippen molar-refractivity contribution in [3.63, 3.8) is 0 Å². The lowest BCUT2D eigenvalue weighted by atomic mass is 10.1. The third-order valence-electron chi connectivity index (χ3n) is 2.42. The molecule has 0 aliphatic carbocycles. The van der Waals surface area contributed by atoms with E-state index in [4.69, 9.17) is 5.11 Å². The number of carboxylic acids is 1. The predicted molar refractivity (Wildman–Crippen MR) is 63.6 cm³/mol. The Bertz CT molecular complexity index is 418. The molecule has 0 bridgehead atoms. The molecule has 3 N–H and O–H groups in total. The third-order valence-corrected chi connectivity index (χ3v) is 2.42. The Hall–Kier alpha value is -2.04. The lowest BCUT2D eigenvalue weighted by Crippen LogP contribution is -2.44. The maximum absolute atomic E-state index is 11.4. The summed E-state index contributed by atoms with van der Waals surface area (Å²) in [5.41, 5.74) is 2.09. The number of carboxylic acid groups (broad SMARTS) is 1. The highest BCUT2D eigenvalue weighted by atomic mass is 16.4. The lowest BCUT2D eigenvalue weighted by molar-refractivity contribution is -0.138. The van der Waals surface area contributed by atoms with Gasteiger partial charge in [-0.05, 0) is 25.0 Å². The van der Waals surface area contributed by atoms with E-state index < -0.39 is 18.0 Å². The zero-order valence-electron chi connectivity index (χ0n) is 9.86. The van der Waals surface area contributed by atoms with Crippen LogP contribution in [-0.4, -0.2) is 23.1 Å². The molecule has 17 heavy (non-hydrogen) atoms. The first kappa shape index (κ1) is 13.0. The van der Waals surface area contributed by atoms with Crippen LogP contribution in [0.2, 0.25) is 0 Å². The molecule has 0 spiro atoms. The van der Waals surface area contributed by atoms with E-state index in [9.17, 15) is 9.59 Å². The molecule has 5 heteroatoms. The molecular formula is C12H16N2O3. The van der Waals surface area contributed by atoms with Crippen molar-refractivity contribution in [3.8, 4) is 0 Å². The van der Waals surface area contributed by atoms with E-state index in [1.807, 2.05) is 31.2 Å². The number of hydrogen-bond acceptors (Lipinski definition) is 2. The standard InChI is InChI=1S/C12H16N2O3/c1-8-5-3-4-6-10(8)7-13-12(17)14-9(2)11(15)16/h3-6,9H,7H2,1-2H3,(H,15,16)(H2,13,14,17)/t9-/m0/s1. The minimum atomic E-state index is -1.06. The van der Waals surface area contributed by atoms with Gasteiger partial charge in [-0.25, -0.2) is 4.79 Å². The maximum Gasteiger partial charge on any atom is 0.325 e. The second-order valence-electron chi connectivity index (χ2n) is 3.81. The highest BCUT2D eigenvalue weighted by molar-refractivity contribution is 5.82. The van der Waals surface area contributed by atoms with Crippen molar-refractivity contribution in [3.05, 3.63) is 35.4 Å². The molecule has 0 fully saturated rings. The Labute approximate surface area is 99.8 Å². The Morgan fingerprint density at radius 1 is 1.35 bits per heavy atom. The zero-order valence-corrected chi connectivity index (χ0v) is 9.86. The monoisotopic (exact) mass is 236 g/mol. The molecule has 2 amide bonds. The summed E-state index contributed by atoms with van der Waals surface area (Å²) in [4.78, 5) is 21.9. The van der Waals surface area contributed by atoms with E-state index >= 15 is 0 Å². The van der Waals surface area contributed by atoms with E-state index in [0.717, 1.165) is 11.1 Å². The summed E-state index contributed by atoms with van der Waals surface area (Å²) >= 11 is 0. The molecule has 0 aliphatic heterocycles. The minimum absolute atomic E-state index is 0.380. The molecule has 0 saturated heterocycles. The van der Waals surface area contributed by atoms with Gasteiger partial charge >= 0.3 is 12.0 Å². The Balaban J connectivity index is 2.44. The molecular weight excluding hydrogens is 220 g/mol. The van der Waals surface area contributed by atoms with Gasteiger partial charge in [-0.1, -0.05) is 24.3 Å². The number of rotatable bonds is 4. The summed E-state index contributed by atoms with van der Waals surface area (Å²) in [6.07, 6.45) is 0. The Morgan fingerprint density at radius 2 is 2.00 bits per heavy atom. The van der Waals surface area contributed by atoms with E-state index in [1.165, 1.54) is 6.92 Å². The maximum atomic E-state index is 11.4. The van der Waals surface area contributed by atoms with Crippen LogP contribution >= 0.6 is 0 Å². The number of hydrogen-bond donors (Lipinski definition) is 3. The molecule has 1 atom stereocenters. The van der Waals surface area contributed by atoms with Gasteiger partial charge in [0.2, 0.25) is 0 Å². The second kappa shape index (κ2) is 5.89. The van der Waals surface area contributed by atoms with Crippen LogP contribution in [0.1, 0.15) is 18.1 Å². The predicted octanol–water partition coefficient (Wildman–Crippen LogP) is 1.27. The fourth-order valence-electron chi connectivity index (χ4n) is 1.29. The number of benzene rings is 1. The first-order valence-electron chi connectivity index (χ1n) is 5.32. The van der Waals surface area contributed by atoms with Gasteiger partial charge in [-0.2, -0.15) is 0 Å². The number of carbonyl (C=O) groups excluding carboxylic acids is 1. The van der Waals surface area contributed by atoms with Gasteiger partial charge in [-0.15, -0.1) is 0 Å². The number of nitrogens with one attached hydrogen (secondary N) is 2. The average Bonchev–Trinajstić information content (AvgIpc) is 2.27. The second-order valence-corrected chi connectivity index (χ2v) is 3.81. The van der Waals surface area contributed by atoms with Gasteiger partial charge in [0.05, 0.1) is 0 Å². The first-order valence-corrected chi connectivity index (χ1v) is 5.32. The van der Waals surface area contributed by atoms with Crippen molar-refractivity contribution in [2.45, 2.75) is 26.4 Å². The quantitative estimate of drug-likeness (QED) is 0.736. The number of aliphatic carboxylic acids is 1. The van der Waals surface area contributed by atoms with Gasteiger partial charge in [0.25, 0.3) is 0 Å². The summed E-state index contributed by atoms with van der Waals surface area (Å²) < 4.78 is 0. The van der Waals surface area contributed by atoms with Gasteiger partial charge in [-0.3, -0.25) is 4.79 Å². The van der Waals surface area contributed by atoms with Crippen LogP contribution in [0.4, 0.5) is 4.79 Å². The van der Waals surface area contributed by atoms with Crippen LogP contribution in [0.3, 0.4) is 0 Å². The molecule has 92 valence electrons. The normalized spacial score (nSPS) is 11.6. The van der Waals surface area contributed by atoms with Crippen LogP contribution < -0.4 is 10.6 Å². The molecule has 1 aromatic carbocycles. The fraction of sp³-hybridized carbons (Fsp3) is 0.333. The Kier molecular flexibility index (Phi) is 4.51. The van der Waals surface area contributed by atoms with Crippen LogP contribution in [0.5, 0.6) is 0 Å². The van der Waals surface area contributed by atoms with E-state index in [1.54, 1.807) is 0 Å². The minimum Gasteiger partial charge on any atom is -0.480 e. The SMILES string of the molecule is Cc1ccccc1CNC(=O)N[C@@H](C)C(=O)O. The van der Waals surface area contributed by atoms with Crippen molar-refractivity contribution in [2.24, 2.45) is 0 Å². The molecule has 0 heterocycles. The third kappa shape index (κ3) is 4.14. The van der Waals surface area contributed by atoms with Gasteiger partial charge in [0, 0.05) is 6.54 Å². The number of amides is 2. The summed E-state index contributed by atoms with van der Waals surface area (Å²) in [5.74, 6) is -1.06. The summed E-state index contributed by atoms with van der Waals surface area (Å²) in [6, 6.07) is 6.30. The van der Waals surface area contributed by atoms with Crippen molar-refractivity contribution < 1.29 is 14.7 Å². The summed E-state index contributed by atoms with van der Waals surface area (Å²) in [5, 5.41) is 13.5. The van der Waals surface area contributed by atoms with Crippen molar-refractivity contribution in [2.75, 3.05) is 0 Å². The highest BCUT2D eigenvalue weighted by Gasteiger charge is 2.13. The van der Waals surface area contributed by atoms with Crippen molar-refractivity contribution >= 4 is 12.0 Å². The number of aryl methyl sites for hydroxylation is 1. The largest absolute Gasteiger partial charge is 0.480 e. The summed E-state index contributed by atoms with van der Waals surface area (Å²) in [6.45, 7) is 3.75. The van der Waals surface area contributed by atoms with Crippen molar-refractivity contribution in [1.82, 2.24) is 10.6 Å². The van der Waals surface area contributed by atoms with E-state index in [2.05, 4.69) is 10.6 Å². The number of carbonyl (C=O) groups is 2. The fourth-order valence-corrected chi connectivity index (χ4v) is 1.29. The average molecular weight is 236 g/mol. The molecule has 1 rings (SSSR count). The van der Waals surface area contributed by atoms with Gasteiger partial charge < -0.3 is 15.7 Å². The molecule has 0 saturated carbocycles. The Morgan fingerprint density at radius 3 is 2.59 bits per heavy atom. The first-order chi connectivity index (χ1) is 8.00. The molecule has 0 aromatic heterocycles. The lowest BCUT2D eigenvalue weighted by Gasteiger charge is -2.11. The molecule has 0 radical (unpaired) electrons. The molecule has 0 unspecified atom stereocenters. The van der Waals surface area contributed by atoms with Crippen LogP contribution in [0.25, 0.3) is 0 Å².